The normalized spacial score (nSPS) is 26.8. The van der Waals surface area contributed by atoms with Gasteiger partial charge in [0.25, 0.3) is 0 Å². The summed E-state index contributed by atoms with van der Waals surface area (Å²) in [6, 6.07) is 10.7. The third-order valence-corrected chi connectivity index (χ3v) is 7.76. The fraction of sp³-hybridized carbons (Fsp3) is 0.429. The lowest BCUT2D eigenvalue weighted by molar-refractivity contribution is -0.149. The summed E-state index contributed by atoms with van der Waals surface area (Å²) < 4.78 is 18.2. The Morgan fingerprint density at radius 3 is 2.69 bits per heavy atom. The van der Waals surface area contributed by atoms with Crippen molar-refractivity contribution in [3.05, 3.63) is 70.8 Å². The van der Waals surface area contributed by atoms with Crippen molar-refractivity contribution in [1.29, 1.82) is 0 Å². The largest absolute Gasteiger partial charge is 0.493 e. The summed E-state index contributed by atoms with van der Waals surface area (Å²) in [5, 5.41) is 9.03. The molecule has 0 saturated carbocycles. The number of rotatable bonds is 6. The zero-order chi connectivity index (χ0) is 24.8. The first-order valence-corrected chi connectivity index (χ1v) is 12.0. The van der Waals surface area contributed by atoms with Crippen LogP contribution in [-0.4, -0.2) is 54.4 Å². The van der Waals surface area contributed by atoms with Gasteiger partial charge in [0.15, 0.2) is 11.5 Å². The van der Waals surface area contributed by atoms with E-state index in [-0.39, 0.29) is 29.5 Å². The van der Waals surface area contributed by atoms with E-state index in [0.29, 0.717) is 12.8 Å². The Morgan fingerprint density at radius 1 is 1.20 bits per heavy atom. The number of hydrogen-bond donors (Lipinski definition) is 1. The van der Waals surface area contributed by atoms with Crippen molar-refractivity contribution < 1.29 is 28.9 Å². The number of carboxylic acid groups (broad SMARTS) is 1. The van der Waals surface area contributed by atoms with Crippen molar-refractivity contribution in [2.45, 2.75) is 56.3 Å². The van der Waals surface area contributed by atoms with Crippen LogP contribution >= 0.6 is 0 Å². The Bertz CT molecular complexity index is 1190. The van der Waals surface area contributed by atoms with Gasteiger partial charge in [0.2, 0.25) is 0 Å². The number of carbonyl (C=O) groups is 2. The minimum absolute atomic E-state index is 0.225. The van der Waals surface area contributed by atoms with Crippen molar-refractivity contribution in [2.75, 3.05) is 20.7 Å². The molecule has 35 heavy (non-hydrogen) atoms. The van der Waals surface area contributed by atoms with Gasteiger partial charge < -0.3 is 24.2 Å². The SMILES string of the molecule is COc1ccc2c3c1O[C@@]1(C)C[C@@H](OC(=O)CCc4ccc(C(=O)O)cc4)C=C[C@@]31CCN(C)C2. The van der Waals surface area contributed by atoms with Crippen LogP contribution in [0.4, 0.5) is 0 Å². The zero-order valence-corrected chi connectivity index (χ0v) is 20.4. The van der Waals surface area contributed by atoms with E-state index in [9.17, 15) is 9.59 Å². The van der Waals surface area contributed by atoms with Crippen LogP contribution in [0, 0.1) is 0 Å². The van der Waals surface area contributed by atoms with E-state index < -0.39 is 11.6 Å². The van der Waals surface area contributed by atoms with Gasteiger partial charge in [-0.3, -0.25) is 4.79 Å². The van der Waals surface area contributed by atoms with Crippen LogP contribution in [0.15, 0.2) is 48.6 Å². The molecule has 3 atom stereocenters. The molecule has 2 aliphatic heterocycles. The van der Waals surface area contributed by atoms with Crippen molar-refractivity contribution in [3.8, 4) is 11.5 Å². The number of methoxy groups -OCH3 is 1. The highest BCUT2D eigenvalue weighted by atomic mass is 16.6. The molecule has 1 N–H and O–H groups in total. The molecule has 1 spiro atoms. The lowest BCUT2D eigenvalue weighted by Gasteiger charge is -2.44. The molecule has 0 amide bonds. The Balaban J connectivity index is 1.33. The summed E-state index contributed by atoms with van der Waals surface area (Å²) in [4.78, 5) is 26.0. The predicted octanol–water partition coefficient (Wildman–Crippen LogP) is 4.12. The summed E-state index contributed by atoms with van der Waals surface area (Å²) in [7, 11) is 3.80. The number of ether oxygens (including phenoxy) is 3. The molecular weight excluding hydrogens is 446 g/mol. The van der Waals surface area contributed by atoms with Gasteiger partial charge in [0.05, 0.1) is 18.1 Å². The van der Waals surface area contributed by atoms with Crippen LogP contribution in [0.5, 0.6) is 11.5 Å². The summed E-state index contributed by atoms with van der Waals surface area (Å²) in [6.45, 7) is 3.91. The van der Waals surface area contributed by atoms with E-state index in [0.717, 1.165) is 36.6 Å². The molecule has 3 aliphatic rings. The standard InChI is InChI=1S/C28H31NO6/c1-27-16-21(34-23(30)11-6-18-4-7-19(8-5-18)26(31)32)12-13-28(27)14-15-29(2)17-20-9-10-22(33-3)25(35-27)24(20)28/h4-5,7-10,12-13,21H,6,11,14-17H2,1-3H3,(H,31,32)/t21-,27-,28+/m0/s1. The monoisotopic (exact) mass is 477 g/mol. The number of esters is 1. The summed E-state index contributed by atoms with van der Waals surface area (Å²) in [5.74, 6) is 0.298. The number of hydrogen-bond acceptors (Lipinski definition) is 6. The Morgan fingerprint density at radius 2 is 1.97 bits per heavy atom. The first-order valence-electron chi connectivity index (χ1n) is 12.0. The Hall–Kier alpha value is -3.32. The van der Waals surface area contributed by atoms with Crippen molar-refractivity contribution in [3.63, 3.8) is 0 Å². The molecule has 2 aromatic carbocycles. The highest BCUT2D eigenvalue weighted by Gasteiger charge is 2.60. The molecule has 0 unspecified atom stereocenters. The van der Waals surface area contributed by atoms with Crippen LogP contribution < -0.4 is 9.47 Å². The lowest BCUT2D eigenvalue weighted by Crippen LogP contribution is -2.53. The maximum atomic E-state index is 12.7. The quantitative estimate of drug-likeness (QED) is 0.495. The Kier molecular flexibility index (Phi) is 5.83. The van der Waals surface area contributed by atoms with Crippen molar-refractivity contribution in [1.82, 2.24) is 4.90 Å². The van der Waals surface area contributed by atoms with Crippen LogP contribution in [-0.2, 0) is 27.9 Å². The number of benzene rings is 2. The van der Waals surface area contributed by atoms with Gasteiger partial charge in [-0.05, 0) is 68.8 Å². The minimum Gasteiger partial charge on any atom is -0.493 e. The van der Waals surface area contributed by atoms with E-state index in [1.807, 2.05) is 12.1 Å². The van der Waals surface area contributed by atoms with Gasteiger partial charge in [-0.15, -0.1) is 0 Å². The highest BCUT2D eigenvalue weighted by Crippen LogP contribution is 2.60. The van der Waals surface area contributed by atoms with Crippen molar-refractivity contribution in [2.24, 2.45) is 0 Å². The van der Waals surface area contributed by atoms with E-state index in [4.69, 9.17) is 19.3 Å². The first-order chi connectivity index (χ1) is 16.7. The maximum absolute atomic E-state index is 12.7. The molecule has 0 bridgehead atoms. The van der Waals surface area contributed by atoms with Gasteiger partial charge in [0.1, 0.15) is 11.7 Å². The second-order valence-corrected chi connectivity index (χ2v) is 10.0. The highest BCUT2D eigenvalue weighted by molar-refractivity contribution is 5.87. The number of aromatic carboxylic acids is 1. The smallest absolute Gasteiger partial charge is 0.335 e. The predicted molar refractivity (Wildman–Crippen MR) is 130 cm³/mol. The molecule has 7 nitrogen and oxygen atoms in total. The second kappa shape index (κ2) is 8.72. The number of carbonyl (C=O) groups excluding carboxylic acids is 1. The third-order valence-electron chi connectivity index (χ3n) is 7.76. The zero-order valence-electron chi connectivity index (χ0n) is 20.4. The topological polar surface area (TPSA) is 85.3 Å². The summed E-state index contributed by atoms with van der Waals surface area (Å²) in [5.41, 5.74) is 2.72. The fourth-order valence-corrected chi connectivity index (χ4v) is 5.85. The van der Waals surface area contributed by atoms with Crippen molar-refractivity contribution >= 4 is 11.9 Å². The Labute approximate surface area is 205 Å². The molecule has 5 rings (SSSR count). The van der Waals surface area contributed by atoms with Gasteiger partial charge in [-0.1, -0.05) is 24.3 Å². The second-order valence-electron chi connectivity index (χ2n) is 10.0. The lowest BCUT2D eigenvalue weighted by atomic mass is 9.62. The third kappa shape index (κ3) is 3.97. The van der Waals surface area contributed by atoms with E-state index in [1.54, 1.807) is 31.4 Å². The molecule has 7 heteroatoms. The molecular formula is C28H31NO6. The van der Waals surface area contributed by atoms with E-state index in [1.165, 1.54) is 11.1 Å². The summed E-state index contributed by atoms with van der Waals surface area (Å²) >= 11 is 0. The van der Waals surface area contributed by atoms with Crippen LogP contribution in [0.2, 0.25) is 0 Å². The number of carboxylic acids is 1. The average Bonchev–Trinajstić information content (AvgIpc) is 3.00. The molecule has 2 heterocycles. The molecule has 0 fully saturated rings. The van der Waals surface area contributed by atoms with Gasteiger partial charge in [-0.2, -0.15) is 0 Å². The van der Waals surface area contributed by atoms with Gasteiger partial charge >= 0.3 is 11.9 Å². The molecule has 184 valence electrons. The number of aryl methyl sites for hydroxylation is 1. The van der Waals surface area contributed by atoms with Crippen LogP contribution in [0.25, 0.3) is 0 Å². The van der Waals surface area contributed by atoms with Gasteiger partial charge in [0, 0.05) is 24.9 Å². The van der Waals surface area contributed by atoms with E-state index in [2.05, 4.69) is 31.0 Å². The molecule has 2 aromatic rings. The molecule has 0 saturated heterocycles. The first kappa shape index (κ1) is 23.4. The van der Waals surface area contributed by atoms with Crippen LogP contribution in [0.3, 0.4) is 0 Å². The summed E-state index contributed by atoms with van der Waals surface area (Å²) in [6.07, 6.45) is 6.03. The van der Waals surface area contributed by atoms with Crippen LogP contribution in [0.1, 0.15) is 53.2 Å². The average molecular weight is 478 g/mol. The van der Waals surface area contributed by atoms with Gasteiger partial charge in [-0.25, -0.2) is 4.79 Å². The maximum Gasteiger partial charge on any atom is 0.335 e. The molecule has 0 aromatic heterocycles. The molecule has 0 radical (unpaired) electrons. The molecule has 1 aliphatic carbocycles. The number of nitrogens with zero attached hydrogens (tertiary/aromatic N) is 1. The van der Waals surface area contributed by atoms with E-state index >= 15 is 0 Å². The fourth-order valence-electron chi connectivity index (χ4n) is 5.85. The minimum atomic E-state index is -0.965.